The summed E-state index contributed by atoms with van der Waals surface area (Å²) < 4.78 is 27.1. The van der Waals surface area contributed by atoms with Gasteiger partial charge in [-0.1, -0.05) is 35.8 Å². The van der Waals surface area contributed by atoms with Crippen LogP contribution in [0.2, 0.25) is 10.0 Å². The summed E-state index contributed by atoms with van der Waals surface area (Å²) in [6, 6.07) is 8.20. The number of aliphatic hydroxyl groups is 1. The highest BCUT2D eigenvalue weighted by atomic mass is 35.5. The molecule has 0 saturated heterocycles. The van der Waals surface area contributed by atoms with E-state index in [0.29, 0.717) is 41.2 Å². The summed E-state index contributed by atoms with van der Waals surface area (Å²) >= 11 is 12.3. The largest absolute Gasteiger partial charge is 0.503 e. The van der Waals surface area contributed by atoms with Gasteiger partial charge >= 0.3 is 0 Å². The van der Waals surface area contributed by atoms with Crippen LogP contribution in [0.5, 0.6) is 0 Å². The normalized spacial score (nSPS) is 13.9. The van der Waals surface area contributed by atoms with Gasteiger partial charge in [0.2, 0.25) is 0 Å². The van der Waals surface area contributed by atoms with Gasteiger partial charge in [-0.05, 0) is 42.7 Å². The van der Waals surface area contributed by atoms with Crippen molar-refractivity contribution < 1.29 is 18.7 Å². The fourth-order valence-electron chi connectivity index (χ4n) is 3.08. The fraction of sp³-hybridized carbons (Fsp3) is 0.190. The maximum Gasteiger partial charge on any atom is 0.293 e. The van der Waals surface area contributed by atoms with Crippen molar-refractivity contribution in [3.05, 3.63) is 87.2 Å². The highest BCUT2D eigenvalue weighted by Crippen LogP contribution is 2.30. The molecule has 1 aliphatic rings. The third kappa shape index (κ3) is 4.54. The van der Waals surface area contributed by atoms with Crippen LogP contribution >= 0.6 is 23.2 Å². The Hall–Kier alpha value is -2.57. The van der Waals surface area contributed by atoms with Gasteiger partial charge in [-0.25, -0.2) is 8.78 Å². The molecular weight excluding hydrogens is 421 g/mol. The highest BCUT2D eigenvalue weighted by Gasteiger charge is 2.34. The van der Waals surface area contributed by atoms with Crippen molar-refractivity contribution in [1.82, 2.24) is 5.32 Å². The molecule has 4 nitrogen and oxygen atoms in total. The van der Waals surface area contributed by atoms with E-state index < -0.39 is 23.3 Å². The molecule has 29 heavy (non-hydrogen) atoms. The van der Waals surface area contributed by atoms with Crippen molar-refractivity contribution in [3.8, 4) is 0 Å². The molecule has 1 heterocycles. The predicted octanol–water partition coefficient (Wildman–Crippen LogP) is 5.17. The number of nitrogens with zero attached hydrogens (tertiary/aromatic N) is 1. The van der Waals surface area contributed by atoms with Crippen LogP contribution in [-0.4, -0.2) is 24.1 Å². The van der Waals surface area contributed by atoms with Crippen LogP contribution < -0.4 is 10.2 Å². The fourth-order valence-corrected chi connectivity index (χ4v) is 3.66. The number of anilines is 1. The Bertz CT molecular complexity index is 988. The minimum Gasteiger partial charge on any atom is -0.503 e. The van der Waals surface area contributed by atoms with Gasteiger partial charge in [-0.3, -0.25) is 9.69 Å². The molecule has 0 aromatic heterocycles. The first-order valence-electron chi connectivity index (χ1n) is 8.84. The number of nitrogens with one attached hydrogen (secondary N) is 1. The van der Waals surface area contributed by atoms with Crippen LogP contribution in [0.15, 0.2) is 60.0 Å². The summed E-state index contributed by atoms with van der Waals surface area (Å²) in [5.74, 6) is -2.92. The minimum absolute atomic E-state index is 0.0740. The van der Waals surface area contributed by atoms with Gasteiger partial charge in [-0.2, -0.15) is 0 Å². The number of rotatable bonds is 7. The van der Waals surface area contributed by atoms with E-state index in [1.807, 2.05) is 0 Å². The molecule has 0 aliphatic carbocycles. The molecule has 0 fully saturated rings. The number of aliphatic hydroxyl groups excluding tert-OH is 1. The molecule has 0 radical (unpaired) electrons. The first kappa shape index (κ1) is 21.1. The topological polar surface area (TPSA) is 52.6 Å². The molecule has 2 aromatic rings. The second-order valence-corrected chi connectivity index (χ2v) is 7.34. The Morgan fingerprint density at radius 1 is 1.21 bits per heavy atom. The number of hydrogen-bond acceptors (Lipinski definition) is 3. The van der Waals surface area contributed by atoms with E-state index in [9.17, 15) is 18.7 Å². The van der Waals surface area contributed by atoms with Crippen LogP contribution in [0.25, 0.3) is 0 Å². The first-order valence-corrected chi connectivity index (χ1v) is 9.60. The van der Waals surface area contributed by atoms with Crippen molar-refractivity contribution >= 4 is 34.8 Å². The minimum atomic E-state index is -0.886. The second-order valence-electron chi connectivity index (χ2n) is 6.52. The Balaban J connectivity index is 1.60. The van der Waals surface area contributed by atoms with E-state index in [2.05, 4.69) is 11.9 Å². The van der Waals surface area contributed by atoms with E-state index in [0.717, 1.165) is 22.6 Å². The summed E-state index contributed by atoms with van der Waals surface area (Å²) in [7, 11) is 0. The van der Waals surface area contributed by atoms with Crippen molar-refractivity contribution in [2.75, 3.05) is 18.0 Å². The first-order chi connectivity index (χ1) is 13.8. The van der Waals surface area contributed by atoms with Crippen molar-refractivity contribution in [1.29, 1.82) is 0 Å². The third-order valence-corrected chi connectivity index (χ3v) is 5.33. The lowest BCUT2D eigenvalue weighted by molar-refractivity contribution is -0.116. The van der Waals surface area contributed by atoms with Gasteiger partial charge < -0.3 is 10.4 Å². The summed E-state index contributed by atoms with van der Waals surface area (Å²) in [4.78, 5) is 13.3. The van der Waals surface area contributed by atoms with E-state index >= 15 is 0 Å². The standard InChI is InChI=1S/C21H18Cl2F2N2O2/c1-12(26-9-3-4-14-16(22)5-2-6-17(14)23)15-11-27(21(29)20(15)28)19-8-7-13(24)10-18(19)25/h2,5-8,10,26,28H,1,3-4,9,11H2. The molecule has 0 bridgehead atoms. The number of hydrogen-bond donors (Lipinski definition) is 2. The molecule has 1 amide bonds. The second kappa shape index (κ2) is 8.84. The maximum absolute atomic E-state index is 14.0. The predicted molar refractivity (Wildman–Crippen MR) is 110 cm³/mol. The quantitative estimate of drug-likeness (QED) is 0.586. The molecule has 0 saturated carbocycles. The van der Waals surface area contributed by atoms with Crippen molar-refractivity contribution in [2.24, 2.45) is 0 Å². The van der Waals surface area contributed by atoms with Gasteiger partial charge in [0.25, 0.3) is 5.91 Å². The molecule has 0 atom stereocenters. The average molecular weight is 439 g/mol. The summed E-state index contributed by atoms with van der Waals surface area (Å²) in [6.45, 7) is 4.27. The number of carbonyl (C=O) groups is 1. The Labute approximate surface area is 177 Å². The maximum atomic E-state index is 14.0. The molecule has 2 N–H and O–H groups in total. The van der Waals surface area contributed by atoms with E-state index in [-0.39, 0.29) is 17.8 Å². The van der Waals surface area contributed by atoms with Gasteiger partial charge in [0.1, 0.15) is 11.6 Å². The number of carbonyl (C=O) groups excluding carboxylic acids is 1. The number of amides is 1. The van der Waals surface area contributed by atoms with Gasteiger partial charge in [-0.15, -0.1) is 0 Å². The smallest absolute Gasteiger partial charge is 0.293 e. The summed E-state index contributed by atoms with van der Waals surface area (Å²) in [6.07, 6.45) is 1.32. The van der Waals surface area contributed by atoms with Gasteiger partial charge in [0.05, 0.1) is 12.2 Å². The van der Waals surface area contributed by atoms with Crippen LogP contribution in [0.4, 0.5) is 14.5 Å². The Morgan fingerprint density at radius 3 is 2.55 bits per heavy atom. The average Bonchev–Trinajstić information content (AvgIpc) is 2.96. The van der Waals surface area contributed by atoms with Crippen LogP contribution in [0.3, 0.4) is 0 Å². The SMILES string of the molecule is C=C(NCCCc1c(Cl)cccc1Cl)C1=C(O)C(=O)N(c2ccc(F)cc2F)C1. The molecule has 0 unspecified atom stereocenters. The Morgan fingerprint density at radius 2 is 1.90 bits per heavy atom. The van der Waals surface area contributed by atoms with Gasteiger partial charge in [0.15, 0.2) is 5.76 Å². The molecule has 3 rings (SSSR count). The number of benzene rings is 2. The van der Waals surface area contributed by atoms with Crippen LogP contribution in [0, 0.1) is 11.6 Å². The van der Waals surface area contributed by atoms with Crippen molar-refractivity contribution in [2.45, 2.75) is 12.8 Å². The summed E-state index contributed by atoms with van der Waals surface area (Å²) in [5, 5.41) is 14.4. The molecule has 2 aromatic carbocycles. The Kier molecular flexibility index (Phi) is 6.45. The zero-order valence-corrected chi connectivity index (χ0v) is 16.8. The monoisotopic (exact) mass is 438 g/mol. The zero-order valence-electron chi connectivity index (χ0n) is 15.3. The van der Waals surface area contributed by atoms with Gasteiger partial charge in [0, 0.05) is 33.9 Å². The summed E-state index contributed by atoms with van der Waals surface area (Å²) in [5.41, 5.74) is 1.35. The lowest BCUT2D eigenvalue weighted by Crippen LogP contribution is -2.28. The molecular formula is C21H18Cl2F2N2O2. The van der Waals surface area contributed by atoms with E-state index in [4.69, 9.17) is 23.2 Å². The van der Waals surface area contributed by atoms with E-state index in [1.165, 1.54) is 0 Å². The molecule has 152 valence electrons. The zero-order chi connectivity index (χ0) is 21.1. The lowest BCUT2D eigenvalue weighted by atomic mass is 10.1. The molecule has 8 heteroatoms. The van der Waals surface area contributed by atoms with Crippen LogP contribution in [0.1, 0.15) is 12.0 Å². The molecule has 0 spiro atoms. The highest BCUT2D eigenvalue weighted by molar-refractivity contribution is 6.35. The third-order valence-electron chi connectivity index (χ3n) is 4.62. The lowest BCUT2D eigenvalue weighted by Gasteiger charge is -2.18. The van der Waals surface area contributed by atoms with E-state index in [1.54, 1.807) is 18.2 Å². The molecule has 1 aliphatic heterocycles. The van der Waals surface area contributed by atoms with Crippen molar-refractivity contribution in [3.63, 3.8) is 0 Å². The van der Waals surface area contributed by atoms with Crippen LogP contribution in [-0.2, 0) is 11.2 Å². The number of halogens is 4.